The van der Waals surface area contributed by atoms with E-state index in [4.69, 9.17) is 0 Å². The molecule has 2 amide bonds. The van der Waals surface area contributed by atoms with Gasteiger partial charge < -0.3 is 16.0 Å². The zero-order valence-electron chi connectivity index (χ0n) is 21.1. The number of nitrogens with zero attached hydrogens (tertiary/aromatic N) is 2. The summed E-state index contributed by atoms with van der Waals surface area (Å²) >= 11 is 0. The lowest BCUT2D eigenvalue weighted by Gasteiger charge is -2.40. The van der Waals surface area contributed by atoms with Crippen molar-refractivity contribution in [1.29, 1.82) is 0 Å². The number of hydrogen-bond acceptors (Lipinski definition) is 6. The van der Waals surface area contributed by atoms with Gasteiger partial charge in [0, 0.05) is 36.2 Å². The summed E-state index contributed by atoms with van der Waals surface area (Å²) in [6.07, 6.45) is 0.0132. The van der Waals surface area contributed by atoms with Crippen molar-refractivity contribution in [2.45, 2.75) is 31.6 Å². The first kappa shape index (κ1) is 26.2. The normalized spacial score (nSPS) is 20.8. The van der Waals surface area contributed by atoms with Crippen LogP contribution < -0.4 is 21.4 Å². The van der Waals surface area contributed by atoms with Crippen LogP contribution in [-0.4, -0.2) is 34.4 Å². The number of amides is 2. The molecule has 12 heteroatoms. The van der Waals surface area contributed by atoms with Gasteiger partial charge in [0.1, 0.15) is 23.2 Å². The Morgan fingerprint density at radius 1 is 1.10 bits per heavy atom. The number of pyridine rings is 1. The molecule has 3 aromatic rings. The van der Waals surface area contributed by atoms with E-state index >= 15 is 0 Å². The number of fused-ring (bicyclic) bond motifs is 2. The molecule has 0 saturated heterocycles. The highest BCUT2D eigenvalue weighted by molar-refractivity contribution is 6.06. The van der Waals surface area contributed by atoms with Crippen LogP contribution in [0.3, 0.4) is 0 Å². The maximum absolute atomic E-state index is 14.7. The minimum absolute atomic E-state index is 0.0793. The highest BCUT2D eigenvalue weighted by Gasteiger charge is 2.47. The molecule has 0 aliphatic carbocycles. The number of rotatable bonds is 4. The number of allylic oxidation sites excluding steroid dienone is 1. The predicted octanol–water partition coefficient (Wildman–Crippen LogP) is 4.12. The number of anilines is 1. The Morgan fingerprint density at radius 3 is 2.56 bits per heavy atom. The Balaban J connectivity index is 1.57. The quantitative estimate of drug-likeness (QED) is 0.372. The van der Waals surface area contributed by atoms with Gasteiger partial charge in [-0.1, -0.05) is 12.1 Å². The van der Waals surface area contributed by atoms with Gasteiger partial charge in [0.25, 0.3) is 5.91 Å². The molecule has 3 heterocycles. The molecular weight excluding hydrogens is 516 g/mol. The first-order chi connectivity index (χ1) is 18.4. The van der Waals surface area contributed by atoms with E-state index < -0.39 is 41.0 Å². The number of halogens is 4. The lowest BCUT2D eigenvalue weighted by atomic mass is 9.93. The second kappa shape index (κ2) is 9.38. The van der Waals surface area contributed by atoms with Gasteiger partial charge in [-0.05, 0) is 61.2 Å². The fourth-order valence-corrected chi connectivity index (χ4v) is 4.86. The molecule has 8 nitrogen and oxygen atoms in total. The van der Waals surface area contributed by atoms with Crippen molar-refractivity contribution in [3.63, 3.8) is 0 Å². The van der Waals surface area contributed by atoms with Crippen LogP contribution >= 0.6 is 0 Å². The number of carbonyl (C=O) groups is 2. The van der Waals surface area contributed by atoms with Gasteiger partial charge in [0.05, 0.1) is 11.1 Å². The summed E-state index contributed by atoms with van der Waals surface area (Å²) in [6.45, 7) is 3.23. The zero-order valence-corrected chi connectivity index (χ0v) is 21.1. The third-order valence-electron chi connectivity index (χ3n) is 6.74. The summed E-state index contributed by atoms with van der Waals surface area (Å²) in [4.78, 5) is 30.4. The first-order valence-electron chi connectivity index (χ1n) is 11.9. The Labute approximate surface area is 220 Å². The minimum Gasteiger partial charge on any atom is -0.357 e. The van der Waals surface area contributed by atoms with Gasteiger partial charge in [-0.25, -0.2) is 9.82 Å². The van der Waals surface area contributed by atoms with Gasteiger partial charge >= 0.3 is 6.18 Å². The van der Waals surface area contributed by atoms with E-state index in [1.54, 1.807) is 56.6 Å². The van der Waals surface area contributed by atoms with Crippen LogP contribution in [-0.2, 0) is 15.8 Å². The number of benzene rings is 2. The van der Waals surface area contributed by atoms with Crippen molar-refractivity contribution in [3.8, 4) is 0 Å². The predicted molar refractivity (Wildman–Crippen MR) is 136 cm³/mol. The van der Waals surface area contributed by atoms with Crippen LogP contribution in [0.2, 0.25) is 0 Å². The first-order valence-corrected chi connectivity index (χ1v) is 11.9. The van der Waals surface area contributed by atoms with Crippen LogP contribution in [0.4, 0.5) is 23.2 Å². The van der Waals surface area contributed by atoms with Crippen molar-refractivity contribution >= 4 is 28.3 Å². The molecule has 1 aromatic heterocycles. The zero-order chi connectivity index (χ0) is 28.1. The molecule has 0 radical (unpaired) electrons. The van der Waals surface area contributed by atoms with Crippen molar-refractivity contribution in [3.05, 3.63) is 95.0 Å². The topological polar surface area (TPSA) is 98.4 Å². The summed E-state index contributed by atoms with van der Waals surface area (Å²) in [6, 6.07) is 8.49. The highest BCUT2D eigenvalue weighted by Crippen LogP contribution is 2.41. The third kappa shape index (κ3) is 4.67. The van der Waals surface area contributed by atoms with Crippen molar-refractivity contribution in [1.82, 2.24) is 26.1 Å². The van der Waals surface area contributed by atoms with E-state index in [-0.39, 0.29) is 11.1 Å². The monoisotopic (exact) mass is 540 g/mol. The second-order valence-electron chi connectivity index (χ2n) is 9.49. The number of alkyl halides is 3. The van der Waals surface area contributed by atoms with Crippen molar-refractivity contribution < 1.29 is 27.2 Å². The van der Waals surface area contributed by atoms with Crippen LogP contribution in [0.1, 0.15) is 31.0 Å². The molecule has 39 heavy (non-hydrogen) atoms. The molecule has 0 spiro atoms. The van der Waals surface area contributed by atoms with Crippen molar-refractivity contribution in [2.75, 3.05) is 12.4 Å². The number of carbonyl (C=O) groups excluding carboxylic acids is 2. The lowest BCUT2D eigenvalue weighted by Crippen LogP contribution is -2.56. The van der Waals surface area contributed by atoms with Gasteiger partial charge in [-0.15, -0.1) is 0 Å². The van der Waals surface area contributed by atoms with Crippen LogP contribution in [0.25, 0.3) is 10.8 Å². The minimum atomic E-state index is -4.89. The molecular formula is C27H24F4N6O2. The lowest BCUT2D eigenvalue weighted by molar-refractivity contribution is -0.140. The fourth-order valence-electron chi connectivity index (χ4n) is 4.86. The molecule has 0 bridgehead atoms. The largest absolute Gasteiger partial charge is 0.419 e. The fraction of sp³-hybridized carbons (Fsp3) is 0.222. The van der Waals surface area contributed by atoms with Crippen molar-refractivity contribution in [2.24, 2.45) is 0 Å². The maximum atomic E-state index is 14.7. The van der Waals surface area contributed by atoms with E-state index in [2.05, 4.69) is 26.4 Å². The molecule has 0 saturated carbocycles. The molecule has 202 valence electrons. The van der Waals surface area contributed by atoms with Crippen LogP contribution in [0, 0.1) is 5.82 Å². The number of likely N-dealkylation sites (N-methyl/N-ethyl adjacent to an activating group) is 1. The van der Waals surface area contributed by atoms with E-state index in [1.165, 1.54) is 12.1 Å². The van der Waals surface area contributed by atoms with Crippen LogP contribution in [0.15, 0.2) is 78.0 Å². The molecule has 2 unspecified atom stereocenters. The highest BCUT2D eigenvalue weighted by atomic mass is 19.4. The van der Waals surface area contributed by atoms with E-state index in [0.717, 1.165) is 22.9 Å². The molecule has 2 atom stereocenters. The molecule has 0 fully saturated rings. The molecule has 2 aliphatic rings. The Bertz CT molecular complexity index is 1570. The van der Waals surface area contributed by atoms with Gasteiger partial charge in [0.15, 0.2) is 0 Å². The smallest absolute Gasteiger partial charge is 0.357 e. The number of hydrazine groups is 1. The van der Waals surface area contributed by atoms with Gasteiger partial charge in [-0.3, -0.25) is 19.6 Å². The average molecular weight is 541 g/mol. The second-order valence-corrected chi connectivity index (χ2v) is 9.49. The Morgan fingerprint density at radius 2 is 1.87 bits per heavy atom. The van der Waals surface area contributed by atoms with Gasteiger partial charge in [0.2, 0.25) is 5.91 Å². The summed E-state index contributed by atoms with van der Waals surface area (Å²) in [5, 5.41) is 11.6. The number of aromatic nitrogens is 1. The molecule has 5 rings (SSSR count). The summed E-state index contributed by atoms with van der Waals surface area (Å²) in [7, 11) is 1.46. The summed E-state index contributed by atoms with van der Waals surface area (Å²) in [5.74, 6) is -2.04. The Hall–Kier alpha value is -4.45. The molecule has 2 aliphatic heterocycles. The van der Waals surface area contributed by atoms with E-state index in [1.807, 2.05) is 0 Å². The number of nitrogens with one attached hydrogen (secondary N) is 4. The van der Waals surface area contributed by atoms with Gasteiger partial charge in [-0.2, -0.15) is 13.2 Å². The molecule has 2 aromatic carbocycles. The molecule has 4 N–H and O–H groups in total. The Kier molecular flexibility index (Phi) is 6.30. The average Bonchev–Trinajstić information content (AvgIpc) is 3.23. The standard InChI is InChI=1S/C27H24F4N6O2/c1-14-22(24(38)35-18-6-4-17-13-33-9-8-15(17)10-18)23(16-5-7-19(20(28)11-16)27(29,30)31)37-21(34-14)12-26(2,36-37)25(39)32-3/h4-13,23,34,36H,1-3H3,(H,32,39)(H,35,38). The summed E-state index contributed by atoms with van der Waals surface area (Å²) < 4.78 is 54.6. The number of hydrogen-bond donors (Lipinski definition) is 4. The summed E-state index contributed by atoms with van der Waals surface area (Å²) in [5.41, 5.74) is 1.41. The van der Waals surface area contributed by atoms with E-state index in [9.17, 15) is 27.2 Å². The SMILES string of the molecule is CNC(=O)C1(C)C=C2NC(C)=C(C(=O)Nc3ccc4cnccc4c3)C(c3ccc(C(F)(F)F)c(F)c3)N2N1. The van der Waals surface area contributed by atoms with E-state index in [0.29, 0.717) is 23.3 Å². The third-order valence-corrected chi connectivity index (χ3v) is 6.74. The maximum Gasteiger partial charge on any atom is 0.419 e. The van der Waals surface area contributed by atoms with Crippen LogP contribution in [0.5, 0.6) is 0 Å².